The van der Waals surface area contributed by atoms with Gasteiger partial charge in [-0.25, -0.2) is 0 Å². The molecule has 0 aromatic carbocycles. The fraction of sp³-hybridized carbons (Fsp3) is 0.952. The average molecular weight is 998 g/mol. The van der Waals surface area contributed by atoms with Crippen molar-refractivity contribution in [3.05, 3.63) is 0 Å². The van der Waals surface area contributed by atoms with Gasteiger partial charge in [-0.1, -0.05) is 221 Å². The van der Waals surface area contributed by atoms with Crippen LogP contribution in [0.2, 0.25) is 0 Å². The van der Waals surface area contributed by atoms with Crippen LogP contribution >= 0.6 is 0 Å². The predicted molar refractivity (Wildman–Crippen MR) is 291 cm³/mol. The van der Waals surface area contributed by atoms with Crippen molar-refractivity contribution >= 4 is 17.8 Å². The van der Waals surface area contributed by atoms with Crippen LogP contribution in [0.5, 0.6) is 0 Å². The topological polar surface area (TPSA) is 94.6 Å². The van der Waals surface area contributed by atoms with Gasteiger partial charge in [0.1, 0.15) is 0 Å². The molecule has 0 aliphatic carbocycles. The second kappa shape index (κ2) is 33.3. The first kappa shape index (κ1) is 60.2. The Morgan fingerprint density at radius 3 is 1.49 bits per heavy atom. The zero-order valence-electron chi connectivity index (χ0n) is 47.3. The molecule has 2 spiro atoms. The Hall–Kier alpha value is -1.71. The largest absolute Gasteiger partial charge is 0.465 e. The van der Waals surface area contributed by atoms with Crippen LogP contribution in [0.3, 0.4) is 0 Å². The lowest BCUT2D eigenvalue weighted by atomic mass is 9.53. The van der Waals surface area contributed by atoms with Gasteiger partial charge in [0.25, 0.3) is 0 Å². The van der Waals surface area contributed by atoms with E-state index in [1.807, 2.05) is 0 Å². The molecule has 412 valence electrons. The fourth-order valence-corrected chi connectivity index (χ4v) is 14.6. The second-order valence-electron chi connectivity index (χ2n) is 23.9. The smallest absolute Gasteiger partial charge is 0.305 e. The molecule has 9 heteroatoms. The van der Waals surface area contributed by atoms with Crippen LogP contribution in [0, 0.1) is 35.5 Å². The summed E-state index contributed by atoms with van der Waals surface area (Å²) in [6.07, 6.45) is 41.8. The van der Waals surface area contributed by atoms with Crippen LogP contribution in [-0.4, -0.2) is 97.0 Å². The molecule has 0 saturated carbocycles. The molecule has 9 nitrogen and oxygen atoms in total. The summed E-state index contributed by atoms with van der Waals surface area (Å²) in [6.45, 7) is 18.0. The molecule has 5 aliphatic heterocycles. The van der Waals surface area contributed by atoms with Crippen LogP contribution in [0.15, 0.2) is 0 Å². The molecule has 5 heterocycles. The molecule has 5 saturated heterocycles. The molecule has 5 rings (SSSR count). The van der Waals surface area contributed by atoms with Crippen molar-refractivity contribution in [2.75, 3.05) is 45.9 Å². The van der Waals surface area contributed by atoms with Crippen molar-refractivity contribution in [1.82, 2.24) is 9.80 Å². The summed E-state index contributed by atoms with van der Waals surface area (Å²) in [7, 11) is 0. The van der Waals surface area contributed by atoms with E-state index in [0.29, 0.717) is 44.2 Å². The molecule has 8 atom stereocenters. The zero-order chi connectivity index (χ0) is 50.7. The highest BCUT2D eigenvalue weighted by atomic mass is 16.6. The molecule has 0 N–H and O–H groups in total. The minimum absolute atomic E-state index is 0.0891. The summed E-state index contributed by atoms with van der Waals surface area (Å²) in [5, 5.41) is 0. The van der Waals surface area contributed by atoms with E-state index >= 15 is 0 Å². The quantitative estimate of drug-likeness (QED) is 0.0440. The van der Waals surface area contributed by atoms with E-state index in [1.165, 1.54) is 180 Å². The third-order valence-electron chi connectivity index (χ3n) is 18.7. The Morgan fingerprint density at radius 1 is 0.549 bits per heavy atom. The van der Waals surface area contributed by atoms with Gasteiger partial charge in [0.2, 0.25) is 5.91 Å². The Kier molecular flexibility index (Phi) is 28.3. The standard InChI is InChI=1S/C62H112N2O7/c1-7-13-17-21-25-29-34-50(35-30-26-22-18-14-8-2)39-41-56(66)68-46-52-53(47-69-57(67)42-40-51(36-31-27-23-19-15-9-3)37-32-28-24-20-16-10-4)62-49-64(55(65)38-33-45-63(11-5)12-6)48-61-44-43-54(70-61)58(60(61)62)59(52)71-62/h50-54,58-60H,7-49H2,1-6H3. The van der Waals surface area contributed by atoms with Crippen molar-refractivity contribution in [1.29, 1.82) is 0 Å². The maximum Gasteiger partial charge on any atom is 0.305 e. The van der Waals surface area contributed by atoms with E-state index < -0.39 is 11.2 Å². The maximum atomic E-state index is 14.3. The molecule has 8 unspecified atom stereocenters. The average Bonchev–Trinajstić information content (AvgIpc) is 4.13. The Bertz CT molecular complexity index is 1440. The summed E-state index contributed by atoms with van der Waals surface area (Å²) < 4.78 is 27.2. The minimum atomic E-state index is -0.688. The lowest BCUT2D eigenvalue weighted by Gasteiger charge is -2.55. The summed E-state index contributed by atoms with van der Waals surface area (Å²) in [6, 6.07) is 0. The molecule has 71 heavy (non-hydrogen) atoms. The van der Waals surface area contributed by atoms with Gasteiger partial charge in [0.15, 0.2) is 0 Å². The summed E-state index contributed by atoms with van der Waals surface area (Å²) in [5.74, 6) is 1.14. The van der Waals surface area contributed by atoms with Crippen LogP contribution < -0.4 is 0 Å². The molecule has 0 aromatic rings. The second-order valence-corrected chi connectivity index (χ2v) is 23.9. The molecular formula is C62H112N2O7. The number of rotatable bonds is 44. The van der Waals surface area contributed by atoms with Crippen molar-refractivity contribution < 1.29 is 33.3 Å². The minimum Gasteiger partial charge on any atom is -0.465 e. The van der Waals surface area contributed by atoms with E-state index in [0.717, 1.165) is 51.7 Å². The monoisotopic (exact) mass is 997 g/mol. The van der Waals surface area contributed by atoms with Gasteiger partial charge in [-0.05, 0) is 63.6 Å². The molecule has 5 fully saturated rings. The third-order valence-corrected chi connectivity index (χ3v) is 18.7. The van der Waals surface area contributed by atoms with E-state index in [-0.39, 0.29) is 66.9 Å². The first-order valence-electron chi connectivity index (χ1n) is 31.4. The zero-order valence-corrected chi connectivity index (χ0v) is 47.3. The summed E-state index contributed by atoms with van der Waals surface area (Å²) in [4.78, 5) is 46.6. The van der Waals surface area contributed by atoms with Gasteiger partial charge in [-0.15, -0.1) is 0 Å². The van der Waals surface area contributed by atoms with Crippen molar-refractivity contribution in [3.8, 4) is 0 Å². The third kappa shape index (κ3) is 18.2. The number of nitrogens with zero attached hydrogens (tertiary/aromatic N) is 2. The van der Waals surface area contributed by atoms with Crippen molar-refractivity contribution in [3.63, 3.8) is 0 Å². The van der Waals surface area contributed by atoms with E-state index in [2.05, 4.69) is 51.3 Å². The molecule has 0 radical (unpaired) electrons. The number of hydrogen-bond donors (Lipinski definition) is 0. The van der Waals surface area contributed by atoms with E-state index in [4.69, 9.17) is 18.9 Å². The predicted octanol–water partition coefficient (Wildman–Crippen LogP) is 15.4. The SMILES string of the molecule is CCCCCCCCC(CCCCCCCC)CCC(=O)OCC1C2OC3(CN(C(=O)CCCN(CC)CC)CC45CCC(O4)C2C53)C1COC(=O)CCC(CCCCCCCC)CCCCCCCC. The first-order valence-corrected chi connectivity index (χ1v) is 31.4. The Balaban J connectivity index is 1.26. The lowest BCUT2D eigenvalue weighted by Crippen LogP contribution is -2.69. The molecule has 0 aromatic heterocycles. The fourth-order valence-electron chi connectivity index (χ4n) is 14.6. The Morgan fingerprint density at radius 2 is 1.01 bits per heavy atom. The van der Waals surface area contributed by atoms with Gasteiger partial charge in [0.05, 0.1) is 49.7 Å². The molecule has 1 amide bonds. The number of ether oxygens (including phenoxy) is 4. The molecular weight excluding hydrogens is 885 g/mol. The molecule has 5 aliphatic rings. The highest BCUT2D eigenvalue weighted by Crippen LogP contribution is 2.70. The van der Waals surface area contributed by atoms with Crippen LogP contribution in [-0.2, 0) is 33.3 Å². The van der Waals surface area contributed by atoms with Crippen LogP contribution in [0.4, 0.5) is 0 Å². The van der Waals surface area contributed by atoms with Gasteiger partial charge in [-0.3, -0.25) is 14.4 Å². The number of hydrogen-bond acceptors (Lipinski definition) is 8. The maximum absolute atomic E-state index is 14.3. The van der Waals surface area contributed by atoms with Crippen molar-refractivity contribution in [2.24, 2.45) is 35.5 Å². The van der Waals surface area contributed by atoms with Crippen LogP contribution in [0.25, 0.3) is 0 Å². The van der Waals surface area contributed by atoms with E-state index in [1.54, 1.807) is 0 Å². The number of likely N-dealkylation sites (tertiary alicyclic amines) is 1. The number of unbranched alkanes of at least 4 members (excludes halogenated alkanes) is 20. The number of piperidine rings is 1. The number of fused-ring (bicyclic) bond motifs is 4. The normalized spacial score (nSPS) is 26.1. The van der Waals surface area contributed by atoms with Gasteiger partial charge in [0, 0.05) is 42.9 Å². The molecule has 4 bridgehead atoms. The Labute approximate surface area is 436 Å². The summed E-state index contributed by atoms with van der Waals surface area (Å²) in [5.41, 5.74) is -1.12. The van der Waals surface area contributed by atoms with Crippen molar-refractivity contribution in [2.45, 2.75) is 296 Å². The van der Waals surface area contributed by atoms with Gasteiger partial charge >= 0.3 is 11.9 Å². The summed E-state index contributed by atoms with van der Waals surface area (Å²) >= 11 is 0. The highest BCUT2D eigenvalue weighted by molar-refractivity contribution is 5.77. The number of esters is 2. The first-order chi connectivity index (χ1) is 34.7. The highest BCUT2D eigenvalue weighted by Gasteiger charge is 2.81. The number of carbonyl (C=O) groups is 3. The van der Waals surface area contributed by atoms with Gasteiger partial charge < -0.3 is 28.7 Å². The number of amides is 1. The lowest BCUT2D eigenvalue weighted by molar-refractivity contribution is -0.182. The van der Waals surface area contributed by atoms with E-state index in [9.17, 15) is 14.4 Å². The van der Waals surface area contributed by atoms with Crippen LogP contribution in [0.1, 0.15) is 273 Å². The van der Waals surface area contributed by atoms with Gasteiger partial charge in [-0.2, -0.15) is 0 Å². The number of carbonyl (C=O) groups excluding carboxylic acids is 3.